The summed E-state index contributed by atoms with van der Waals surface area (Å²) in [6.07, 6.45) is 0.0143. The van der Waals surface area contributed by atoms with Crippen LogP contribution in [0.5, 0.6) is 11.5 Å². The molecule has 0 aromatic heterocycles. The summed E-state index contributed by atoms with van der Waals surface area (Å²) in [5.74, 6) is 1.49. The van der Waals surface area contributed by atoms with Gasteiger partial charge in [-0.2, -0.15) is 4.31 Å². The highest BCUT2D eigenvalue weighted by Crippen LogP contribution is 2.22. The van der Waals surface area contributed by atoms with Crippen molar-refractivity contribution >= 4 is 16.0 Å². The van der Waals surface area contributed by atoms with Crippen molar-refractivity contribution in [3.05, 3.63) is 23.8 Å². The van der Waals surface area contributed by atoms with Crippen molar-refractivity contribution in [2.75, 3.05) is 52.7 Å². The summed E-state index contributed by atoms with van der Waals surface area (Å²) < 4.78 is 37.0. The number of piperazine rings is 1. The number of hydrogen-bond acceptors (Lipinski definition) is 6. The van der Waals surface area contributed by atoms with Gasteiger partial charge < -0.3 is 24.8 Å². The van der Waals surface area contributed by atoms with Crippen LogP contribution in [0.3, 0.4) is 0 Å². The summed E-state index contributed by atoms with van der Waals surface area (Å²) in [6, 6.07) is 5.05. The first kappa shape index (κ1) is 23.2. The molecule has 0 radical (unpaired) electrons. The Morgan fingerprint density at radius 3 is 2.55 bits per heavy atom. The van der Waals surface area contributed by atoms with Gasteiger partial charge in [0.05, 0.1) is 25.6 Å². The molecule has 2 rings (SSSR count). The van der Waals surface area contributed by atoms with Gasteiger partial charge in [-0.3, -0.25) is 4.99 Å². The Morgan fingerprint density at radius 1 is 1.28 bits per heavy atom. The fourth-order valence-corrected chi connectivity index (χ4v) is 4.32. The molecule has 0 amide bonds. The number of hydrogen-bond donors (Lipinski definition) is 2. The van der Waals surface area contributed by atoms with Gasteiger partial charge in [-0.05, 0) is 32.0 Å². The van der Waals surface area contributed by atoms with E-state index in [1.165, 1.54) is 4.31 Å². The second kappa shape index (κ2) is 10.7. The third kappa shape index (κ3) is 6.76. The van der Waals surface area contributed by atoms with Crippen molar-refractivity contribution in [3.8, 4) is 11.5 Å². The summed E-state index contributed by atoms with van der Waals surface area (Å²) in [6.45, 7) is 6.21. The smallest absolute Gasteiger partial charge is 0.216 e. The Hall–Kier alpha value is -2.04. The molecule has 164 valence electrons. The number of phenols is 1. The minimum atomic E-state index is -3.33. The SMILES string of the molecule is CN=C(NCc1cc(OC)ccc1O)N1CCN(S(=O)(=O)CCOC(C)C)CC1. The first-order valence-electron chi connectivity index (χ1n) is 9.67. The summed E-state index contributed by atoms with van der Waals surface area (Å²) in [5.41, 5.74) is 0.692. The van der Waals surface area contributed by atoms with Crippen molar-refractivity contribution in [2.24, 2.45) is 4.99 Å². The van der Waals surface area contributed by atoms with E-state index in [-0.39, 0.29) is 24.2 Å². The van der Waals surface area contributed by atoms with Gasteiger partial charge in [0, 0.05) is 45.3 Å². The van der Waals surface area contributed by atoms with E-state index >= 15 is 0 Å². The van der Waals surface area contributed by atoms with Crippen molar-refractivity contribution in [1.29, 1.82) is 0 Å². The van der Waals surface area contributed by atoms with Crippen LogP contribution in [0.2, 0.25) is 0 Å². The van der Waals surface area contributed by atoms with Crippen LogP contribution < -0.4 is 10.1 Å². The fraction of sp³-hybridized carbons (Fsp3) is 0.632. The van der Waals surface area contributed by atoms with Gasteiger partial charge in [0.1, 0.15) is 11.5 Å². The lowest BCUT2D eigenvalue weighted by molar-refractivity contribution is 0.0904. The Morgan fingerprint density at radius 2 is 1.97 bits per heavy atom. The van der Waals surface area contributed by atoms with Crippen LogP contribution >= 0.6 is 0 Å². The molecule has 1 fully saturated rings. The molecular weight excluding hydrogens is 396 g/mol. The maximum atomic E-state index is 12.5. The highest BCUT2D eigenvalue weighted by molar-refractivity contribution is 7.89. The molecule has 1 aliphatic heterocycles. The molecule has 1 heterocycles. The normalized spacial score (nSPS) is 16.3. The first-order chi connectivity index (χ1) is 13.8. The van der Waals surface area contributed by atoms with Gasteiger partial charge in [0.15, 0.2) is 5.96 Å². The molecule has 9 nitrogen and oxygen atoms in total. The number of aliphatic imine (C=N–C) groups is 1. The van der Waals surface area contributed by atoms with E-state index in [0.29, 0.717) is 50.0 Å². The molecule has 0 saturated carbocycles. The second-order valence-corrected chi connectivity index (χ2v) is 9.11. The Bertz CT molecular complexity index is 790. The summed E-state index contributed by atoms with van der Waals surface area (Å²) >= 11 is 0. The monoisotopic (exact) mass is 428 g/mol. The number of phenolic OH excluding ortho intramolecular Hbond substituents is 1. The number of guanidine groups is 1. The van der Waals surface area contributed by atoms with Crippen LogP contribution in [0.4, 0.5) is 0 Å². The lowest BCUT2D eigenvalue weighted by atomic mass is 10.2. The van der Waals surface area contributed by atoms with Crippen LogP contribution in [-0.4, -0.2) is 87.5 Å². The van der Waals surface area contributed by atoms with Crippen LogP contribution in [-0.2, 0) is 21.3 Å². The molecule has 0 bridgehead atoms. The van der Waals surface area contributed by atoms with E-state index in [4.69, 9.17) is 9.47 Å². The topological polar surface area (TPSA) is 104 Å². The van der Waals surface area contributed by atoms with Crippen molar-refractivity contribution in [2.45, 2.75) is 26.5 Å². The molecule has 0 atom stereocenters. The Balaban J connectivity index is 1.89. The number of sulfonamides is 1. The van der Waals surface area contributed by atoms with Gasteiger partial charge in [-0.1, -0.05) is 0 Å². The van der Waals surface area contributed by atoms with Crippen molar-refractivity contribution in [1.82, 2.24) is 14.5 Å². The van der Waals surface area contributed by atoms with E-state index in [2.05, 4.69) is 10.3 Å². The first-order valence-corrected chi connectivity index (χ1v) is 11.3. The fourth-order valence-electron chi connectivity index (χ4n) is 3.03. The summed E-state index contributed by atoms with van der Waals surface area (Å²) in [5, 5.41) is 13.2. The quantitative estimate of drug-likeness (QED) is 0.467. The summed E-state index contributed by atoms with van der Waals surface area (Å²) in [4.78, 5) is 6.29. The number of aromatic hydroxyl groups is 1. The van der Waals surface area contributed by atoms with Gasteiger partial charge in [-0.25, -0.2) is 8.42 Å². The third-order valence-electron chi connectivity index (χ3n) is 4.66. The lowest BCUT2D eigenvalue weighted by Crippen LogP contribution is -2.54. The molecule has 0 spiro atoms. The molecule has 1 aromatic carbocycles. The minimum Gasteiger partial charge on any atom is -0.508 e. The predicted octanol–water partition coefficient (Wildman–Crippen LogP) is 0.849. The van der Waals surface area contributed by atoms with Crippen LogP contribution in [0, 0.1) is 0 Å². The molecule has 1 saturated heterocycles. The minimum absolute atomic E-state index is 0.00668. The van der Waals surface area contributed by atoms with Crippen molar-refractivity contribution in [3.63, 3.8) is 0 Å². The number of nitrogens with zero attached hydrogens (tertiary/aromatic N) is 3. The maximum absolute atomic E-state index is 12.5. The number of methoxy groups -OCH3 is 1. The average molecular weight is 429 g/mol. The van der Waals surface area contributed by atoms with E-state index < -0.39 is 10.0 Å². The molecule has 10 heteroatoms. The number of ether oxygens (including phenoxy) is 2. The Labute approximate surface area is 173 Å². The number of nitrogens with one attached hydrogen (secondary N) is 1. The predicted molar refractivity (Wildman–Crippen MR) is 113 cm³/mol. The zero-order valence-electron chi connectivity index (χ0n) is 17.6. The van der Waals surface area contributed by atoms with Gasteiger partial charge >= 0.3 is 0 Å². The molecule has 0 unspecified atom stereocenters. The third-order valence-corrected chi connectivity index (χ3v) is 6.49. The van der Waals surface area contributed by atoms with Crippen LogP contribution in [0.15, 0.2) is 23.2 Å². The summed E-state index contributed by atoms with van der Waals surface area (Å²) in [7, 11) is -0.0739. The number of rotatable bonds is 8. The van der Waals surface area contributed by atoms with Gasteiger partial charge in [0.2, 0.25) is 10.0 Å². The Kier molecular flexibility index (Phi) is 8.54. The highest BCUT2D eigenvalue weighted by Gasteiger charge is 2.28. The second-order valence-electron chi connectivity index (χ2n) is 7.02. The average Bonchev–Trinajstić information content (AvgIpc) is 2.69. The van der Waals surface area contributed by atoms with E-state index in [9.17, 15) is 13.5 Å². The van der Waals surface area contributed by atoms with Gasteiger partial charge in [-0.15, -0.1) is 0 Å². The standard InChI is InChI=1S/C19H32N4O5S/c1-15(2)28-11-12-29(25,26)23-9-7-22(8-10-23)19(20-3)21-14-16-13-17(27-4)5-6-18(16)24/h5-6,13,15,24H,7-12,14H2,1-4H3,(H,20,21). The molecule has 29 heavy (non-hydrogen) atoms. The highest BCUT2D eigenvalue weighted by atomic mass is 32.2. The van der Waals surface area contributed by atoms with Crippen LogP contribution in [0.25, 0.3) is 0 Å². The largest absolute Gasteiger partial charge is 0.508 e. The van der Waals surface area contributed by atoms with Crippen molar-refractivity contribution < 1.29 is 23.0 Å². The molecular formula is C19H32N4O5S. The molecule has 2 N–H and O–H groups in total. The number of benzene rings is 1. The zero-order chi connectivity index (χ0) is 21.4. The zero-order valence-corrected chi connectivity index (χ0v) is 18.4. The maximum Gasteiger partial charge on any atom is 0.216 e. The lowest BCUT2D eigenvalue weighted by Gasteiger charge is -2.35. The molecule has 1 aliphatic rings. The van der Waals surface area contributed by atoms with E-state index in [0.717, 1.165) is 0 Å². The van der Waals surface area contributed by atoms with Crippen LogP contribution in [0.1, 0.15) is 19.4 Å². The van der Waals surface area contributed by atoms with Gasteiger partial charge in [0.25, 0.3) is 0 Å². The molecule has 0 aliphatic carbocycles. The molecule has 1 aromatic rings. The van der Waals surface area contributed by atoms with E-state index in [1.807, 2.05) is 18.7 Å². The van der Waals surface area contributed by atoms with E-state index in [1.54, 1.807) is 32.4 Å².